The lowest BCUT2D eigenvalue weighted by molar-refractivity contribution is -0.383. The molecular weight excluding hydrogens is 334 g/mol. The van der Waals surface area contributed by atoms with Gasteiger partial charge in [0.2, 0.25) is 5.91 Å². The number of benzene rings is 2. The second-order valence-corrected chi connectivity index (χ2v) is 6.22. The Morgan fingerprint density at radius 2 is 2.00 bits per heavy atom. The number of nitrogens with one attached hydrogen (secondary N) is 1. The summed E-state index contributed by atoms with van der Waals surface area (Å²) >= 11 is 0. The summed E-state index contributed by atoms with van der Waals surface area (Å²) in [4.78, 5) is 25.1. The van der Waals surface area contributed by atoms with E-state index in [9.17, 15) is 14.9 Å². The van der Waals surface area contributed by atoms with Crippen molar-refractivity contribution in [2.45, 2.75) is 18.9 Å². The summed E-state index contributed by atoms with van der Waals surface area (Å²) in [6.07, 6.45) is 1.99. The number of hydrogen-bond donors (Lipinski definition) is 1. The number of anilines is 1. The lowest BCUT2D eigenvalue weighted by Gasteiger charge is -2.24. The van der Waals surface area contributed by atoms with Crippen LogP contribution < -0.4 is 10.1 Å². The Kier molecular flexibility index (Phi) is 5.48. The number of nitro benzene ring substituents is 1. The van der Waals surface area contributed by atoms with Crippen molar-refractivity contribution >= 4 is 17.3 Å². The number of ether oxygens (including phenoxy) is 1. The van der Waals surface area contributed by atoms with Crippen LogP contribution in [0.5, 0.6) is 5.75 Å². The molecule has 1 fully saturated rings. The molecule has 7 nitrogen and oxygen atoms in total. The molecule has 0 unspecified atom stereocenters. The highest BCUT2D eigenvalue weighted by Gasteiger charge is 2.28. The zero-order chi connectivity index (χ0) is 18.5. The number of likely N-dealkylation sites (tertiary alicyclic amines) is 1. The van der Waals surface area contributed by atoms with Crippen LogP contribution in [0.15, 0.2) is 48.5 Å². The number of methoxy groups -OCH3 is 1. The zero-order valence-electron chi connectivity index (χ0n) is 14.6. The summed E-state index contributed by atoms with van der Waals surface area (Å²) in [5.41, 5.74) is 1.26. The molecule has 0 aliphatic carbocycles. The number of para-hydroxylation sites is 2. The van der Waals surface area contributed by atoms with E-state index in [1.165, 1.54) is 6.07 Å². The highest BCUT2D eigenvalue weighted by atomic mass is 16.6. The van der Waals surface area contributed by atoms with Crippen LogP contribution in [0.4, 0.5) is 11.4 Å². The van der Waals surface area contributed by atoms with E-state index in [0.717, 1.165) is 30.7 Å². The van der Waals surface area contributed by atoms with Gasteiger partial charge in [-0.2, -0.15) is 0 Å². The fourth-order valence-electron chi connectivity index (χ4n) is 3.33. The predicted octanol–water partition coefficient (Wildman–Crippen LogP) is 3.38. The molecule has 0 spiro atoms. The standard InChI is InChI=1S/C19H21N3O4/c1-26-15-10-8-14(9-11-15)17-7-4-12-21(17)13-19(23)20-16-5-2-3-6-18(16)22(24)25/h2-3,5-6,8-11,17H,4,7,12-13H2,1H3,(H,20,23)/t17-/m0/s1. The van der Waals surface area contributed by atoms with E-state index in [4.69, 9.17) is 4.74 Å². The topological polar surface area (TPSA) is 84.7 Å². The largest absolute Gasteiger partial charge is 0.497 e. The Labute approximate surface area is 151 Å². The van der Waals surface area contributed by atoms with Gasteiger partial charge in [-0.05, 0) is 43.1 Å². The van der Waals surface area contributed by atoms with E-state index in [1.807, 2.05) is 24.3 Å². The number of nitrogens with zero attached hydrogens (tertiary/aromatic N) is 2. The second kappa shape index (κ2) is 7.97. The van der Waals surface area contributed by atoms with E-state index >= 15 is 0 Å². The van der Waals surface area contributed by atoms with Gasteiger partial charge in [-0.1, -0.05) is 24.3 Å². The maximum absolute atomic E-state index is 12.4. The summed E-state index contributed by atoms with van der Waals surface area (Å²) in [5, 5.41) is 13.7. The van der Waals surface area contributed by atoms with Crippen molar-refractivity contribution in [1.82, 2.24) is 4.90 Å². The Hall–Kier alpha value is -2.93. The van der Waals surface area contributed by atoms with Crippen molar-refractivity contribution in [3.8, 4) is 5.75 Å². The molecule has 1 N–H and O–H groups in total. The van der Waals surface area contributed by atoms with Gasteiger partial charge in [-0.25, -0.2) is 0 Å². The number of nitro groups is 1. The molecule has 1 aliphatic rings. The normalized spacial score (nSPS) is 17.0. The van der Waals surface area contributed by atoms with Gasteiger partial charge in [0.25, 0.3) is 5.69 Å². The average Bonchev–Trinajstić information content (AvgIpc) is 3.10. The Balaban J connectivity index is 1.67. The Bertz CT molecular complexity index is 792. The van der Waals surface area contributed by atoms with Crippen LogP contribution in [0, 0.1) is 10.1 Å². The van der Waals surface area contributed by atoms with E-state index in [2.05, 4.69) is 10.2 Å². The summed E-state index contributed by atoms with van der Waals surface area (Å²) in [7, 11) is 1.63. The molecule has 0 saturated carbocycles. The van der Waals surface area contributed by atoms with Gasteiger partial charge in [0, 0.05) is 12.1 Å². The van der Waals surface area contributed by atoms with Crippen molar-refractivity contribution in [3.05, 3.63) is 64.2 Å². The Morgan fingerprint density at radius 1 is 1.27 bits per heavy atom. The first-order valence-corrected chi connectivity index (χ1v) is 8.50. The van der Waals surface area contributed by atoms with Gasteiger partial charge in [0.05, 0.1) is 18.6 Å². The molecule has 7 heteroatoms. The van der Waals surface area contributed by atoms with Gasteiger partial charge in [-0.15, -0.1) is 0 Å². The molecule has 1 atom stereocenters. The third kappa shape index (κ3) is 4.00. The zero-order valence-corrected chi connectivity index (χ0v) is 14.6. The molecule has 1 saturated heterocycles. The summed E-state index contributed by atoms with van der Waals surface area (Å²) in [6, 6.07) is 14.2. The average molecular weight is 355 g/mol. The van der Waals surface area contributed by atoms with Crippen LogP contribution in [0.25, 0.3) is 0 Å². The van der Waals surface area contributed by atoms with E-state index in [0.29, 0.717) is 0 Å². The number of amides is 1. The smallest absolute Gasteiger partial charge is 0.292 e. The number of rotatable bonds is 6. The van der Waals surface area contributed by atoms with Gasteiger partial charge in [0.1, 0.15) is 11.4 Å². The second-order valence-electron chi connectivity index (χ2n) is 6.22. The Morgan fingerprint density at radius 3 is 2.69 bits per heavy atom. The minimum absolute atomic E-state index is 0.103. The first-order chi connectivity index (χ1) is 12.6. The number of carbonyl (C=O) groups is 1. The maximum Gasteiger partial charge on any atom is 0.292 e. The molecule has 2 aromatic carbocycles. The molecule has 0 bridgehead atoms. The van der Waals surface area contributed by atoms with Crippen LogP contribution >= 0.6 is 0 Å². The van der Waals surface area contributed by atoms with Crippen LogP contribution in [-0.4, -0.2) is 35.9 Å². The van der Waals surface area contributed by atoms with Crippen LogP contribution in [0.1, 0.15) is 24.4 Å². The van der Waals surface area contributed by atoms with Gasteiger partial charge >= 0.3 is 0 Å². The van der Waals surface area contributed by atoms with E-state index in [-0.39, 0.29) is 29.9 Å². The molecule has 3 rings (SSSR count). The lowest BCUT2D eigenvalue weighted by Crippen LogP contribution is -2.33. The molecule has 136 valence electrons. The fraction of sp³-hybridized carbons (Fsp3) is 0.316. The monoisotopic (exact) mass is 355 g/mol. The third-order valence-corrected chi connectivity index (χ3v) is 4.59. The SMILES string of the molecule is COc1ccc([C@@H]2CCCN2CC(=O)Nc2ccccc2[N+](=O)[O-])cc1. The first-order valence-electron chi connectivity index (χ1n) is 8.50. The quantitative estimate of drug-likeness (QED) is 0.634. The highest BCUT2D eigenvalue weighted by molar-refractivity contribution is 5.94. The van der Waals surface area contributed by atoms with E-state index in [1.54, 1.807) is 25.3 Å². The molecular formula is C19H21N3O4. The van der Waals surface area contributed by atoms with Gasteiger partial charge in [-0.3, -0.25) is 19.8 Å². The van der Waals surface area contributed by atoms with Crippen molar-refractivity contribution in [2.24, 2.45) is 0 Å². The third-order valence-electron chi connectivity index (χ3n) is 4.59. The number of carbonyl (C=O) groups excluding carboxylic acids is 1. The molecule has 1 aliphatic heterocycles. The van der Waals surface area contributed by atoms with Crippen molar-refractivity contribution in [3.63, 3.8) is 0 Å². The number of hydrogen-bond acceptors (Lipinski definition) is 5. The molecule has 0 aromatic heterocycles. The maximum atomic E-state index is 12.4. The fourth-order valence-corrected chi connectivity index (χ4v) is 3.33. The van der Waals surface area contributed by atoms with Crippen LogP contribution in [-0.2, 0) is 4.79 Å². The summed E-state index contributed by atoms with van der Waals surface area (Å²) < 4.78 is 5.19. The van der Waals surface area contributed by atoms with Crippen molar-refractivity contribution in [2.75, 3.05) is 25.5 Å². The minimum atomic E-state index is -0.494. The molecule has 0 radical (unpaired) electrons. The predicted molar refractivity (Wildman–Crippen MR) is 98.3 cm³/mol. The molecule has 1 heterocycles. The van der Waals surface area contributed by atoms with E-state index < -0.39 is 4.92 Å². The minimum Gasteiger partial charge on any atom is -0.497 e. The highest BCUT2D eigenvalue weighted by Crippen LogP contribution is 2.32. The van der Waals surface area contributed by atoms with Crippen molar-refractivity contribution < 1.29 is 14.5 Å². The molecule has 1 amide bonds. The molecule has 26 heavy (non-hydrogen) atoms. The molecule has 2 aromatic rings. The van der Waals surface area contributed by atoms with Crippen LogP contribution in [0.3, 0.4) is 0 Å². The van der Waals surface area contributed by atoms with Crippen LogP contribution in [0.2, 0.25) is 0 Å². The van der Waals surface area contributed by atoms with Gasteiger partial charge < -0.3 is 10.1 Å². The van der Waals surface area contributed by atoms with Gasteiger partial charge in [0.15, 0.2) is 0 Å². The summed E-state index contributed by atoms with van der Waals surface area (Å²) in [6.45, 7) is 1.02. The van der Waals surface area contributed by atoms with Crippen molar-refractivity contribution in [1.29, 1.82) is 0 Å². The first kappa shape index (κ1) is 17.9. The lowest BCUT2D eigenvalue weighted by atomic mass is 10.0. The summed E-state index contributed by atoms with van der Waals surface area (Å²) in [5.74, 6) is 0.548.